The summed E-state index contributed by atoms with van der Waals surface area (Å²) in [5, 5.41) is 0.125. The highest BCUT2D eigenvalue weighted by atomic mass is 32.2. The third kappa shape index (κ3) is 9.04. The van der Waals surface area contributed by atoms with E-state index in [1.165, 1.54) is 18.2 Å². The van der Waals surface area contributed by atoms with Crippen LogP contribution in [0, 0.1) is 5.92 Å². The Morgan fingerprint density at radius 1 is 1.31 bits per heavy atom. The lowest BCUT2D eigenvalue weighted by atomic mass is 10.1. The van der Waals surface area contributed by atoms with Crippen LogP contribution in [0.5, 0.6) is 0 Å². The van der Waals surface area contributed by atoms with Gasteiger partial charge in [-0.15, -0.1) is 0 Å². The van der Waals surface area contributed by atoms with Crippen LogP contribution in [-0.4, -0.2) is 43.2 Å². The summed E-state index contributed by atoms with van der Waals surface area (Å²) in [6.45, 7) is 6.83. The van der Waals surface area contributed by atoms with Gasteiger partial charge >= 0.3 is 0 Å². The quantitative estimate of drug-likeness (QED) is 0.617. The van der Waals surface area contributed by atoms with Crippen molar-refractivity contribution >= 4 is 17.0 Å². The van der Waals surface area contributed by atoms with Crippen molar-refractivity contribution in [1.29, 1.82) is 0 Å². The summed E-state index contributed by atoms with van der Waals surface area (Å²) in [6, 6.07) is 0. The van der Waals surface area contributed by atoms with Gasteiger partial charge in [0, 0.05) is 26.8 Å². The molecule has 0 aromatic carbocycles. The van der Waals surface area contributed by atoms with Crippen LogP contribution in [0.25, 0.3) is 0 Å². The standard InChI is InChI=1S/C12H25NO2S/c1-11(2)7-5-9-15-10-6-8-13(3)12(14)16-4/h11H,5-10H2,1-4H3. The van der Waals surface area contributed by atoms with E-state index in [0.29, 0.717) is 0 Å². The number of hydrogen-bond donors (Lipinski definition) is 0. The molecule has 0 heterocycles. The van der Waals surface area contributed by atoms with E-state index < -0.39 is 0 Å². The highest BCUT2D eigenvalue weighted by molar-refractivity contribution is 8.12. The molecule has 0 N–H and O–H groups in total. The number of nitrogens with zero attached hydrogens (tertiary/aromatic N) is 1. The molecule has 0 fully saturated rings. The van der Waals surface area contributed by atoms with Gasteiger partial charge in [0.05, 0.1) is 0 Å². The van der Waals surface area contributed by atoms with Crippen LogP contribution in [0.15, 0.2) is 0 Å². The van der Waals surface area contributed by atoms with E-state index in [1.807, 2.05) is 7.05 Å². The van der Waals surface area contributed by atoms with Crippen molar-refractivity contribution in [3.8, 4) is 0 Å². The van der Waals surface area contributed by atoms with Gasteiger partial charge in [0.15, 0.2) is 0 Å². The molecule has 16 heavy (non-hydrogen) atoms. The summed E-state index contributed by atoms with van der Waals surface area (Å²) < 4.78 is 5.50. The van der Waals surface area contributed by atoms with E-state index in [-0.39, 0.29) is 5.24 Å². The summed E-state index contributed by atoms with van der Waals surface area (Å²) in [4.78, 5) is 12.9. The van der Waals surface area contributed by atoms with Crippen LogP contribution in [0.2, 0.25) is 0 Å². The first-order valence-electron chi connectivity index (χ1n) is 5.94. The minimum Gasteiger partial charge on any atom is -0.381 e. The fourth-order valence-corrected chi connectivity index (χ4v) is 1.75. The molecule has 0 aromatic heterocycles. The van der Waals surface area contributed by atoms with Crippen molar-refractivity contribution in [1.82, 2.24) is 4.90 Å². The van der Waals surface area contributed by atoms with Gasteiger partial charge in [-0.25, -0.2) is 0 Å². The minimum atomic E-state index is 0.125. The molecule has 0 aromatic rings. The Balaban J connectivity index is 3.24. The zero-order chi connectivity index (χ0) is 12.4. The molecule has 96 valence electrons. The van der Waals surface area contributed by atoms with Crippen LogP contribution < -0.4 is 0 Å². The van der Waals surface area contributed by atoms with E-state index in [2.05, 4.69) is 13.8 Å². The van der Waals surface area contributed by atoms with E-state index in [0.717, 1.165) is 38.5 Å². The lowest BCUT2D eigenvalue weighted by molar-refractivity contribution is 0.121. The molecule has 0 radical (unpaired) electrons. The molecular weight excluding hydrogens is 222 g/mol. The van der Waals surface area contributed by atoms with Crippen molar-refractivity contribution in [2.45, 2.75) is 33.1 Å². The average Bonchev–Trinajstić information content (AvgIpc) is 2.25. The number of thioether (sulfide) groups is 1. The fourth-order valence-electron chi connectivity index (χ4n) is 1.35. The number of hydrogen-bond acceptors (Lipinski definition) is 3. The Labute approximate surface area is 104 Å². The van der Waals surface area contributed by atoms with Crippen LogP contribution in [-0.2, 0) is 4.74 Å². The molecule has 0 atom stereocenters. The third-order valence-corrected chi connectivity index (χ3v) is 3.00. The molecule has 0 aliphatic rings. The van der Waals surface area contributed by atoms with Crippen LogP contribution >= 0.6 is 11.8 Å². The van der Waals surface area contributed by atoms with Gasteiger partial charge in [0.25, 0.3) is 5.24 Å². The summed E-state index contributed by atoms with van der Waals surface area (Å²) >= 11 is 1.25. The van der Waals surface area contributed by atoms with Gasteiger partial charge < -0.3 is 9.64 Å². The summed E-state index contributed by atoms with van der Waals surface area (Å²) in [5.74, 6) is 0.758. The Hall–Kier alpha value is -0.220. The molecule has 0 aliphatic heterocycles. The normalized spacial score (nSPS) is 10.8. The number of amides is 1. The molecule has 4 heteroatoms. The van der Waals surface area contributed by atoms with Gasteiger partial charge in [0.1, 0.15) is 0 Å². The van der Waals surface area contributed by atoms with Crippen molar-refractivity contribution < 1.29 is 9.53 Å². The van der Waals surface area contributed by atoms with Crippen molar-refractivity contribution in [2.24, 2.45) is 5.92 Å². The fraction of sp³-hybridized carbons (Fsp3) is 0.917. The predicted octanol–water partition coefficient (Wildman–Crippen LogP) is 3.24. The number of carbonyl (C=O) groups excluding carboxylic acids is 1. The maximum Gasteiger partial charge on any atom is 0.281 e. The van der Waals surface area contributed by atoms with Gasteiger partial charge in [0.2, 0.25) is 0 Å². The highest BCUT2D eigenvalue weighted by Crippen LogP contribution is 2.04. The molecule has 0 rings (SSSR count). The lowest BCUT2D eigenvalue weighted by Crippen LogP contribution is -2.24. The zero-order valence-electron chi connectivity index (χ0n) is 11.0. The number of carbonyl (C=O) groups is 1. The zero-order valence-corrected chi connectivity index (χ0v) is 11.8. The lowest BCUT2D eigenvalue weighted by Gasteiger charge is -2.15. The Morgan fingerprint density at radius 2 is 1.94 bits per heavy atom. The molecule has 3 nitrogen and oxygen atoms in total. The first-order valence-corrected chi connectivity index (χ1v) is 7.17. The maximum absolute atomic E-state index is 11.2. The molecule has 0 saturated carbocycles. The van der Waals surface area contributed by atoms with Gasteiger partial charge in [-0.2, -0.15) is 0 Å². The SMILES string of the molecule is CSC(=O)N(C)CCCOCCCC(C)C. The molecule has 0 aliphatic carbocycles. The average molecular weight is 247 g/mol. The topological polar surface area (TPSA) is 29.5 Å². The number of ether oxygens (including phenoxy) is 1. The van der Waals surface area contributed by atoms with Gasteiger partial charge in [-0.3, -0.25) is 4.79 Å². The van der Waals surface area contributed by atoms with E-state index >= 15 is 0 Å². The first kappa shape index (κ1) is 15.8. The largest absolute Gasteiger partial charge is 0.381 e. The molecule has 1 amide bonds. The van der Waals surface area contributed by atoms with Crippen molar-refractivity contribution in [3.63, 3.8) is 0 Å². The smallest absolute Gasteiger partial charge is 0.281 e. The van der Waals surface area contributed by atoms with Crippen LogP contribution in [0.1, 0.15) is 33.1 Å². The molecule has 0 unspecified atom stereocenters. The van der Waals surface area contributed by atoms with E-state index in [9.17, 15) is 4.79 Å². The maximum atomic E-state index is 11.2. The monoisotopic (exact) mass is 247 g/mol. The molecular formula is C12H25NO2S. The van der Waals surface area contributed by atoms with Crippen LogP contribution in [0.4, 0.5) is 4.79 Å². The van der Waals surface area contributed by atoms with Gasteiger partial charge in [-0.05, 0) is 31.4 Å². The van der Waals surface area contributed by atoms with Crippen LogP contribution in [0.3, 0.4) is 0 Å². The van der Waals surface area contributed by atoms with Crippen molar-refractivity contribution in [3.05, 3.63) is 0 Å². The van der Waals surface area contributed by atoms with E-state index in [4.69, 9.17) is 4.74 Å². The second-order valence-electron chi connectivity index (χ2n) is 4.39. The second kappa shape index (κ2) is 9.97. The molecule has 0 bridgehead atoms. The Morgan fingerprint density at radius 3 is 2.50 bits per heavy atom. The van der Waals surface area contributed by atoms with Crippen molar-refractivity contribution in [2.75, 3.05) is 33.1 Å². The highest BCUT2D eigenvalue weighted by Gasteiger charge is 2.05. The Bertz CT molecular complexity index is 186. The molecule has 0 saturated heterocycles. The summed E-state index contributed by atoms with van der Waals surface area (Å²) in [5.41, 5.74) is 0. The predicted molar refractivity (Wildman–Crippen MR) is 71.0 cm³/mol. The third-order valence-electron chi connectivity index (χ3n) is 2.34. The Kier molecular flexibility index (Phi) is 9.83. The summed E-state index contributed by atoms with van der Waals surface area (Å²) in [7, 11) is 1.83. The minimum absolute atomic E-state index is 0.125. The van der Waals surface area contributed by atoms with Gasteiger partial charge in [-0.1, -0.05) is 25.6 Å². The number of rotatable bonds is 8. The second-order valence-corrected chi connectivity index (χ2v) is 5.15. The molecule has 0 spiro atoms. The first-order chi connectivity index (χ1) is 7.57. The summed E-state index contributed by atoms with van der Waals surface area (Å²) in [6.07, 6.45) is 5.09. The van der Waals surface area contributed by atoms with E-state index in [1.54, 1.807) is 11.2 Å².